The lowest BCUT2D eigenvalue weighted by Crippen LogP contribution is -2.40. The minimum absolute atomic E-state index is 0.136. The van der Waals surface area contributed by atoms with Gasteiger partial charge in [0.25, 0.3) is 5.56 Å². The van der Waals surface area contributed by atoms with Gasteiger partial charge >= 0.3 is 11.9 Å². The van der Waals surface area contributed by atoms with E-state index in [-0.39, 0.29) is 24.3 Å². The van der Waals surface area contributed by atoms with Gasteiger partial charge in [-0.15, -0.1) is 6.58 Å². The Morgan fingerprint density at radius 3 is 2.37 bits per heavy atom. The predicted octanol–water partition coefficient (Wildman–Crippen LogP) is 5.46. The minimum Gasteiger partial charge on any atom is -0.490 e. The Labute approximate surface area is 306 Å². The van der Waals surface area contributed by atoms with Gasteiger partial charge in [-0.2, -0.15) is 0 Å². The Balaban J connectivity index is 1.63. The molecule has 2 heterocycles. The van der Waals surface area contributed by atoms with Crippen LogP contribution in [0.5, 0.6) is 23.0 Å². The third-order valence-electron chi connectivity index (χ3n) is 8.02. The van der Waals surface area contributed by atoms with E-state index >= 15 is 0 Å². The molecule has 11 nitrogen and oxygen atoms in total. The molecule has 0 N–H and O–H groups in total. The number of esters is 2. The molecule has 0 aliphatic carbocycles. The van der Waals surface area contributed by atoms with Crippen molar-refractivity contribution in [1.29, 1.82) is 0 Å². The molecule has 1 aromatic heterocycles. The van der Waals surface area contributed by atoms with E-state index in [1.807, 2.05) is 56.3 Å². The van der Waals surface area contributed by atoms with Gasteiger partial charge in [0.05, 0.1) is 48.8 Å². The zero-order chi connectivity index (χ0) is 37.2. The molecular formula is C40H42N2O9S. The van der Waals surface area contributed by atoms with Crippen molar-refractivity contribution in [3.8, 4) is 23.0 Å². The van der Waals surface area contributed by atoms with Crippen LogP contribution in [0.3, 0.4) is 0 Å². The molecule has 0 amide bonds. The number of nitrogens with zero attached hydrogens (tertiary/aromatic N) is 2. The molecule has 1 aliphatic heterocycles. The molecule has 4 aromatic rings. The van der Waals surface area contributed by atoms with Crippen LogP contribution in [0.1, 0.15) is 56.0 Å². The van der Waals surface area contributed by atoms with Crippen LogP contribution in [0.25, 0.3) is 6.08 Å². The summed E-state index contributed by atoms with van der Waals surface area (Å²) in [5.74, 6) is 0.654. The van der Waals surface area contributed by atoms with Gasteiger partial charge in [-0.1, -0.05) is 53.8 Å². The second-order valence-electron chi connectivity index (χ2n) is 11.5. The fraction of sp³-hybridized carbons (Fsp3) is 0.300. The molecule has 0 saturated carbocycles. The Kier molecular flexibility index (Phi) is 12.7. The van der Waals surface area contributed by atoms with Crippen LogP contribution < -0.4 is 33.8 Å². The minimum atomic E-state index is -0.893. The van der Waals surface area contributed by atoms with Crippen molar-refractivity contribution in [3.05, 3.63) is 127 Å². The van der Waals surface area contributed by atoms with E-state index in [2.05, 4.69) is 6.58 Å². The standard InChI is InChI=1S/C40H42N2O9S/c1-7-14-29-19-27(20-32(48-9-3)37(29)51-23-26-15-12-11-13-16-26)21-33-38(44)42-36(35(39(45)49-10-4)25(5)41-40(42)52-33)28-17-18-30(31(22-28)47-8-2)50-24-34(43)46-6/h7,11-13,15-22,36H,1,8-10,14,23-24H2,2-6H3/b33-21-/t36-/m1/s1. The smallest absolute Gasteiger partial charge is 0.343 e. The highest BCUT2D eigenvalue weighted by Crippen LogP contribution is 2.37. The van der Waals surface area contributed by atoms with Crippen LogP contribution in [0, 0.1) is 0 Å². The molecule has 272 valence electrons. The highest BCUT2D eigenvalue weighted by atomic mass is 32.1. The van der Waals surface area contributed by atoms with Gasteiger partial charge in [0.15, 0.2) is 34.4 Å². The summed E-state index contributed by atoms with van der Waals surface area (Å²) in [7, 11) is 1.27. The zero-order valence-electron chi connectivity index (χ0n) is 29.9. The van der Waals surface area contributed by atoms with Gasteiger partial charge in [0.1, 0.15) is 6.61 Å². The number of fused-ring (bicyclic) bond motifs is 1. The number of carbonyl (C=O) groups excluding carboxylic acids is 2. The first-order chi connectivity index (χ1) is 25.2. The lowest BCUT2D eigenvalue weighted by molar-refractivity contribution is -0.143. The number of rotatable bonds is 16. The highest BCUT2D eigenvalue weighted by Gasteiger charge is 2.34. The number of hydrogen-bond donors (Lipinski definition) is 0. The van der Waals surface area contributed by atoms with E-state index in [1.165, 1.54) is 23.0 Å². The summed E-state index contributed by atoms with van der Waals surface area (Å²) in [4.78, 5) is 44.8. The molecule has 0 saturated heterocycles. The molecule has 12 heteroatoms. The van der Waals surface area contributed by atoms with E-state index in [0.29, 0.717) is 69.8 Å². The molecule has 1 aliphatic rings. The average molecular weight is 727 g/mol. The third-order valence-corrected chi connectivity index (χ3v) is 9.00. The zero-order valence-corrected chi connectivity index (χ0v) is 30.7. The van der Waals surface area contributed by atoms with Gasteiger partial charge in [0, 0.05) is 5.56 Å². The summed E-state index contributed by atoms with van der Waals surface area (Å²) in [6.45, 7) is 12.0. The predicted molar refractivity (Wildman–Crippen MR) is 198 cm³/mol. The Hall–Kier alpha value is -5.62. The highest BCUT2D eigenvalue weighted by molar-refractivity contribution is 7.07. The van der Waals surface area contributed by atoms with Crippen molar-refractivity contribution < 1.29 is 38.0 Å². The molecule has 0 radical (unpaired) electrons. The van der Waals surface area contributed by atoms with E-state index < -0.39 is 18.0 Å². The number of thiazole rings is 1. The number of aromatic nitrogens is 1. The van der Waals surface area contributed by atoms with Crippen molar-refractivity contribution in [3.63, 3.8) is 0 Å². The monoisotopic (exact) mass is 726 g/mol. The van der Waals surface area contributed by atoms with E-state index in [9.17, 15) is 14.4 Å². The fourth-order valence-electron chi connectivity index (χ4n) is 5.77. The number of carbonyl (C=O) groups is 2. The quantitative estimate of drug-likeness (QED) is 0.110. The normalized spacial score (nSPS) is 13.9. The molecule has 1 atom stereocenters. The van der Waals surface area contributed by atoms with Crippen LogP contribution in [-0.4, -0.2) is 50.0 Å². The lowest BCUT2D eigenvalue weighted by Gasteiger charge is -2.25. The first-order valence-corrected chi connectivity index (χ1v) is 17.8. The fourth-order valence-corrected chi connectivity index (χ4v) is 6.81. The summed E-state index contributed by atoms with van der Waals surface area (Å²) >= 11 is 1.21. The number of hydrogen-bond acceptors (Lipinski definition) is 11. The second kappa shape index (κ2) is 17.5. The summed E-state index contributed by atoms with van der Waals surface area (Å²) in [6.07, 6.45) is 4.09. The molecule has 0 fully saturated rings. The summed E-state index contributed by atoms with van der Waals surface area (Å²) in [5.41, 5.74) is 3.45. The van der Waals surface area contributed by atoms with Crippen molar-refractivity contribution in [1.82, 2.24) is 4.57 Å². The maximum absolute atomic E-state index is 14.4. The van der Waals surface area contributed by atoms with Crippen LogP contribution >= 0.6 is 11.3 Å². The number of allylic oxidation sites excluding steroid dienone is 2. The lowest BCUT2D eigenvalue weighted by atomic mass is 9.95. The van der Waals surface area contributed by atoms with Gasteiger partial charge in [0.2, 0.25) is 0 Å². The summed E-state index contributed by atoms with van der Waals surface area (Å²) in [6, 6.07) is 17.8. The average Bonchev–Trinajstić information content (AvgIpc) is 3.44. The largest absolute Gasteiger partial charge is 0.490 e. The molecule has 0 unspecified atom stereocenters. The van der Waals surface area contributed by atoms with Crippen LogP contribution in [0.2, 0.25) is 0 Å². The molecule has 5 rings (SSSR count). The van der Waals surface area contributed by atoms with Crippen molar-refractivity contribution in [2.24, 2.45) is 4.99 Å². The first kappa shape index (κ1) is 37.6. The third kappa shape index (κ3) is 8.46. The molecule has 0 spiro atoms. The SMILES string of the molecule is C=CCc1cc(/C=c2\sc3n(c2=O)[C@H](c2ccc(OCC(=O)OC)c(OCC)c2)C(C(=O)OCC)=C(C)N=3)cc(OCC)c1OCc1ccccc1. The molecule has 0 bridgehead atoms. The Morgan fingerprint density at radius 2 is 1.67 bits per heavy atom. The van der Waals surface area contributed by atoms with Crippen molar-refractivity contribution in [2.45, 2.75) is 46.8 Å². The molecular weight excluding hydrogens is 685 g/mol. The number of ether oxygens (including phenoxy) is 6. The van der Waals surface area contributed by atoms with Gasteiger partial charge in [-0.05, 0) is 81.1 Å². The van der Waals surface area contributed by atoms with Gasteiger partial charge < -0.3 is 28.4 Å². The van der Waals surface area contributed by atoms with Crippen molar-refractivity contribution in [2.75, 3.05) is 33.5 Å². The summed E-state index contributed by atoms with van der Waals surface area (Å²) in [5, 5.41) is 0. The second-order valence-corrected chi connectivity index (χ2v) is 12.5. The van der Waals surface area contributed by atoms with Crippen LogP contribution in [0.15, 0.2) is 94.4 Å². The number of methoxy groups -OCH3 is 1. The van der Waals surface area contributed by atoms with Crippen LogP contribution in [-0.2, 0) is 32.1 Å². The first-order valence-electron chi connectivity index (χ1n) is 17.0. The van der Waals surface area contributed by atoms with Crippen LogP contribution in [0.4, 0.5) is 0 Å². The Morgan fingerprint density at radius 1 is 0.923 bits per heavy atom. The maximum Gasteiger partial charge on any atom is 0.343 e. The van der Waals surface area contributed by atoms with E-state index in [0.717, 1.165) is 16.7 Å². The topological polar surface area (TPSA) is 124 Å². The molecule has 3 aromatic carbocycles. The van der Waals surface area contributed by atoms with Gasteiger partial charge in [-0.3, -0.25) is 9.36 Å². The van der Waals surface area contributed by atoms with E-state index in [1.54, 1.807) is 44.2 Å². The van der Waals surface area contributed by atoms with Gasteiger partial charge in [-0.25, -0.2) is 14.6 Å². The maximum atomic E-state index is 14.4. The molecule has 52 heavy (non-hydrogen) atoms. The number of benzene rings is 3. The Bertz CT molecular complexity index is 2150. The van der Waals surface area contributed by atoms with E-state index in [4.69, 9.17) is 33.4 Å². The van der Waals surface area contributed by atoms with Crippen molar-refractivity contribution >= 4 is 29.4 Å². The summed E-state index contributed by atoms with van der Waals surface area (Å²) < 4.78 is 35.9.